The van der Waals surface area contributed by atoms with Crippen LogP contribution in [-0.4, -0.2) is 57.6 Å². The van der Waals surface area contributed by atoms with Gasteiger partial charge >= 0.3 is 11.8 Å². The lowest BCUT2D eigenvalue weighted by molar-refractivity contribution is -0.144. The average molecular weight is 610 g/mol. The van der Waals surface area contributed by atoms with Crippen LogP contribution in [0.2, 0.25) is 5.02 Å². The van der Waals surface area contributed by atoms with Crippen molar-refractivity contribution in [2.75, 3.05) is 31.5 Å². The molecule has 1 unspecified atom stereocenters. The molecule has 0 aliphatic carbocycles. The van der Waals surface area contributed by atoms with Crippen LogP contribution in [0.5, 0.6) is 0 Å². The zero-order chi connectivity index (χ0) is 24.2. The molecular formula is C24H24Br2ClN5O2. The van der Waals surface area contributed by atoms with Gasteiger partial charge in [-0.25, -0.2) is 0 Å². The first-order valence-corrected chi connectivity index (χ1v) is 12.8. The SMILES string of the molecule is CC(c1ccc(Br)cc1)N1CCN(C(=O)C(=O)Nc2cnn(Cc3ccc(Br)cc3Cl)c2)CC1. The number of anilines is 1. The highest BCUT2D eigenvalue weighted by Gasteiger charge is 2.28. The number of rotatable bonds is 5. The van der Waals surface area contributed by atoms with Crippen molar-refractivity contribution in [2.24, 2.45) is 0 Å². The summed E-state index contributed by atoms with van der Waals surface area (Å²) in [4.78, 5) is 29.2. The molecule has 34 heavy (non-hydrogen) atoms. The van der Waals surface area contributed by atoms with Gasteiger partial charge in [0.15, 0.2) is 0 Å². The van der Waals surface area contributed by atoms with Gasteiger partial charge in [0, 0.05) is 52.4 Å². The van der Waals surface area contributed by atoms with Gasteiger partial charge in [0.25, 0.3) is 0 Å². The van der Waals surface area contributed by atoms with E-state index in [0.29, 0.717) is 43.4 Å². The van der Waals surface area contributed by atoms with Crippen molar-refractivity contribution < 1.29 is 9.59 Å². The summed E-state index contributed by atoms with van der Waals surface area (Å²) >= 11 is 13.1. The quantitative estimate of drug-likeness (QED) is 0.416. The maximum atomic E-state index is 12.7. The molecule has 178 valence electrons. The molecule has 1 aromatic heterocycles. The van der Waals surface area contributed by atoms with Crippen LogP contribution in [0.1, 0.15) is 24.1 Å². The Bertz CT molecular complexity index is 1180. The molecule has 10 heteroatoms. The van der Waals surface area contributed by atoms with Crippen LogP contribution in [-0.2, 0) is 16.1 Å². The molecule has 2 amide bonds. The van der Waals surface area contributed by atoms with Gasteiger partial charge in [-0.15, -0.1) is 0 Å². The molecule has 1 saturated heterocycles. The number of piperazine rings is 1. The lowest BCUT2D eigenvalue weighted by Crippen LogP contribution is -2.51. The summed E-state index contributed by atoms with van der Waals surface area (Å²) in [5.41, 5.74) is 2.59. The van der Waals surface area contributed by atoms with Crippen molar-refractivity contribution in [1.29, 1.82) is 0 Å². The molecule has 1 aliphatic heterocycles. The smallest absolute Gasteiger partial charge is 0.313 e. The summed E-state index contributed by atoms with van der Waals surface area (Å²) < 4.78 is 3.61. The number of nitrogens with zero attached hydrogens (tertiary/aromatic N) is 4. The van der Waals surface area contributed by atoms with Gasteiger partial charge in [0.05, 0.1) is 18.4 Å². The molecule has 1 fully saturated rings. The fraction of sp³-hybridized carbons (Fsp3) is 0.292. The third-order valence-corrected chi connectivity index (χ3v) is 7.31. The number of benzene rings is 2. The molecule has 0 bridgehead atoms. The van der Waals surface area contributed by atoms with Gasteiger partial charge < -0.3 is 10.2 Å². The summed E-state index contributed by atoms with van der Waals surface area (Å²) in [6.45, 7) is 5.05. The monoisotopic (exact) mass is 607 g/mol. The number of hydrogen-bond donors (Lipinski definition) is 1. The Morgan fingerprint density at radius 2 is 1.74 bits per heavy atom. The number of carbonyl (C=O) groups is 2. The second-order valence-electron chi connectivity index (χ2n) is 8.17. The number of nitrogens with one attached hydrogen (secondary N) is 1. The van der Waals surface area contributed by atoms with Gasteiger partial charge in [-0.05, 0) is 42.3 Å². The third kappa shape index (κ3) is 6.07. The van der Waals surface area contributed by atoms with Crippen molar-refractivity contribution in [1.82, 2.24) is 19.6 Å². The van der Waals surface area contributed by atoms with E-state index in [1.807, 2.05) is 30.3 Å². The van der Waals surface area contributed by atoms with E-state index in [-0.39, 0.29) is 6.04 Å². The first-order chi connectivity index (χ1) is 16.3. The van der Waals surface area contributed by atoms with E-state index < -0.39 is 11.8 Å². The van der Waals surface area contributed by atoms with Gasteiger partial charge in [-0.2, -0.15) is 5.10 Å². The van der Waals surface area contributed by atoms with Crippen LogP contribution >= 0.6 is 43.5 Å². The van der Waals surface area contributed by atoms with Crippen LogP contribution in [0.15, 0.2) is 63.8 Å². The van der Waals surface area contributed by atoms with E-state index in [1.165, 1.54) is 11.8 Å². The topological polar surface area (TPSA) is 70.5 Å². The highest BCUT2D eigenvalue weighted by molar-refractivity contribution is 9.10. The fourth-order valence-corrected chi connectivity index (χ4v) is 4.93. The zero-order valence-corrected chi connectivity index (χ0v) is 22.5. The van der Waals surface area contributed by atoms with Gasteiger partial charge in [0.2, 0.25) is 0 Å². The minimum atomic E-state index is -0.657. The van der Waals surface area contributed by atoms with E-state index in [0.717, 1.165) is 14.5 Å². The van der Waals surface area contributed by atoms with Crippen LogP contribution in [0.3, 0.4) is 0 Å². The Labute approximate surface area is 220 Å². The number of amides is 2. The summed E-state index contributed by atoms with van der Waals surface area (Å²) in [5.74, 6) is -1.18. The number of carbonyl (C=O) groups excluding carboxylic acids is 2. The molecule has 2 heterocycles. The fourth-order valence-electron chi connectivity index (χ4n) is 3.93. The highest BCUT2D eigenvalue weighted by Crippen LogP contribution is 2.24. The minimum absolute atomic E-state index is 0.240. The number of halogens is 3. The molecule has 1 N–H and O–H groups in total. The highest BCUT2D eigenvalue weighted by atomic mass is 79.9. The minimum Gasteiger partial charge on any atom is -0.332 e. The summed E-state index contributed by atoms with van der Waals surface area (Å²) in [6, 6.07) is 14.1. The molecule has 7 nitrogen and oxygen atoms in total. The lowest BCUT2D eigenvalue weighted by Gasteiger charge is -2.37. The first-order valence-electron chi connectivity index (χ1n) is 10.9. The normalized spacial score (nSPS) is 15.2. The van der Waals surface area contributed by atoms with E-state index in [2.05, 4.69) is 66.2 Å². The molecule has 0 radical (unpaired) electrons. The maximum absolute atomic E-state index is 12.7. The molecule has 0 spiro atoms. The summed E-state index contributed by atoms with van der Waals surface area (Å²) in [5, 5.41) is 7.55. The number of hydrogen-bond acceptors (Lipinski definition) is 4. The first kappa shape index (κ1) is 24.9. The van der Waals surface area contributed by atoms with Crippen molar-refractivity contribution in [3.05, 3.63) is 80.0 Å². The Morgan fingerprint density at radius 3 is 2.41 bits per heavy atom. The molecule has 2 aromatic carbocycles. The summed E-state index contributed by atoms with van der Waals surface area (Å²) in [7, 11) is 0. The van der Waals surface area contributed by atoms with Crippen LogP contribution in [0, 0.1) is 0 Å². The second kappa shape index (κ2) is 11.0. The molecule has 3 aromatic rings. The zero-order valence-electron chi connectivity index (χ0n) is 18.5. The summed E-state index contributed by atoms with van der Waals surface area (Å²) in [6.07, 6.45) is 3.21. The predicted octanol–water partition coefficient (Wildman–Crippen LogP) is 4.95. The largest absolute Gasteiger partial charge is 0.332 e. The molecule has 1 atom stereocenters. The number of aromatic nitrogens is 2. The molecule has 0 saturated carbocycles. The predicted molar refractivity (Wildman–Crippen MR) is 140 cm³/mol. The van der Waals surface area contributed by atoms with Crippen LogP contribution < -0.4 is 5.32 Å². The molecule has 4 rings (SSSR count). The van der Waals surface area contributed by atoms with Gasteiger partial charge in [0.1, 0.15) is 0 Å². The third-order valence-electron chi connectivity index (χ3n) is 5.93. The Kier molecular flexibility index (Phi) is 8.08. The second-order valence-corrected chi connectivity index (χ2v) is 10.4. The van der Waals surface area contributed by atoms with Crippen molar-refractivity contribution >= 4 is 61.0 Å². The molecular weight excluding hydrogens is 586 g/mol. The Hall–Kier alpha value is -2.20. The van der Waals surface area contributed by atoms with Crippen molar-refractivity contribution in [2.45, 2.75) is 19.5 Å². The standard InChI is InChI=1S/C24H24Br2ClN5O2/c1-16(17-2-5-19(25)6-3-17)30-8-10-31(11-9-30)24(34)23(33)29-21-13-28-32(15-21)14-18-4-7-20(26)12-22(18)27/h2-7,12-13,15-16H,8-11,14H2,1H3,(H,29,33). The van der Waals surface area contributed by atoms with E-state index >= 15 is 0 Å². The molecule has 1 aliphatic rings. The average Bonchev–Trinajstić information content (AvgIpc) is 3.27. The van der Waals surface area contributed by atoms with Crippen molar-refractivity contribution in [3.63, 3.8) is 0 Å². The van der Waals surface area contributed by atoms with Crippen LogP contribution in [0.25, 0.3) is 0 Å². The van der Waals surface area contributed by atoms with E-state index in [9.17, 15) is 9.59 Å². The lowest BCUT2D eigenvalue weighted by atomic mass is 10.1. The van der Waals surface area contributed by atoms with E-state index in [1.54, 1.807) is 15.8 Å². The Balaban J connectivity index is 1.29. The van der Waals surface area contributed by atoms with E-state index in [4.69, 9.17) is 11.6 Å². The Morgan fingerprint density at radius 1 is 1.06 bits per heavy atom. The maximum Gasteiger partial charge on any atom is 0.313 e. The van der Waals surface area contributed by atoms with Gasteiger partial charge in [-0.3, -0.25) is 19.2 Å². The van der Waals surface area contributed by atoms with Crippen molar-refractivity contribution in [3.8, 4) is 0 Å². The van der Waals surface area contributed by atoms with Gasteiger partial charge in [-0.1, -0.05) is 61.7 Å². The van der Waals surface area contributed by atoms with Crippen LogP contribution in [0.4, 0.5) is 5.69 Å².